The summed E-state index contributed by atoms with van der Waals surface area (Å²) in [5.41, 5.74) is 5.90. The van der Waals surface area contributed by atoms with E-state index in [4.69, 9.17) is 0 Å². The summed E-state index contributed by atoms with van der Waals surface area (Å²) in [6, 6.07) is 0. The van der Waals surface area contributed by atoms with Crippen molar-refractivity contribution in [3.05, 3.63) is 22.4 Å². The monoisotopic (exact) mass is 221 g/mol. The van der Waals surface area contributed by atoms with Gasteiger partial charge in [-0.25, -0.2) is 0 Å². The predicted octanol–water partition coefficient (Wildman–Crippen LogP) is 2.75. The molecule has 0 aromatic rings. The van der Waals surface area contributed by atoms with Crippen LogP contribution in [0.25, 0.3) is 0 Å². The van der Waals surface area contributed by atoms with Crippen LogP contribution < -0.4 is 5.32 Å². The summed E-state index contributed by atoms with van der Waals surface area (Å²) < 4.78 is 0. The van der Waals surface area contributed by atoms with Gasteiger partial charge in [-0.05, 0) is 36.0 Å². The van der Waals surface area contributed by atoms with Gasteiger partial charge in [0.05, 0.1) is 6.61 Å². The Morgan fingerprint density at radius 1 is 1.31 bits per heavy atom. The van der Waals surface area contributed by atoms with Gasteiger partial charge in [-0.3, -0.25) is 0 Å². The average molecular weight is 221 g/mol. The molecule has 1 heterocycles. The molecule has 0 aromatic carbocycles. The first kappa shape index (κ1) is 11.7. The number of allylic oxidation sites excluding steroid dienone is 2. The van der Waals surface area contributed by atoms with Crippen LogP contribution in [-0.4, -0.2) is 18.3 Å². The summed E-state index contributed by atoms with van der Waals surface area (Å²) in [5, 5.41) is 13.0. The smallest absolute Gasteiger partial charge is 0.0647 e. The molecule has 16 heavy (non-hydrogen) atoms. The molecule has 0 spiro atoms. The third kappa shape index (κ3) is 1.80. The highest BCUT2D eigenvalue weighted by Crippen LogP contribution is 2.45. The van der Waals surface area contributed by atoms with E-state index in [0.717, 1.165) is 32.2 Å². The molecule has 0 radical (unpaired) electrons. The summed E-state index contributed by atoms with van der Waals surface area (Å²) in [6.45, 7) is 8.11. The molecule has 1 aliphatic carbocycles. The van der Waals surface area contributed by atoms with Gasteiger partial charge < -0.3 is 10.4 Å². The van der Waals surface area contributed by atoms with E-state index in [-0.39, 0.29) is 12.0 Å². The second kappa shape index (κ2) is 4.25. The molecule has 1 aliphatic heterocycles. The van der Waals surface area contributed by atoms with E-state index in [1.165, 1.54) is 22.4 Å². The van der Waals surface area contributed by atoms with Crippen LogP contribution in [0.4, 0.5) is 0 Å². The lowest BCUT2D eigenvalue weighted by Gasteiger charge is -2.28. The van der Waals surface area contributed by atoms with Crippen LogP contribution in [0, 0.1) is 5.41 Å². The second-order valence-electron chi connectivity index (χ2n) is 5.58. The van der Waals surface area contributed by atoms with E-state index in [2.05, 4.69) is 26.1 Å². The van der Waals surface area contributed by atoms with Crippen LogP contribution in [-0.2, 0) is 0 Å². The van der Waals surface area contributed by atoms with Crippen LogP contribution in [0.3, 0.4) is 0 Å². The number of rotatable bonds is 3. The Morgan fingerprint density at radius 3 is 2.69 bits per heavy atom. The molecule has 0 fully saturated rings. The molecule has 2 nitrogen and oxygen atoms in total. The van der Waals surface area contributed by atoms with Crippen molar-refractivity contribution in [1.82, 2.24) is 5.32 Å². The highest BCUT2D eigenvalue weighted by Gasteiger charge is 2.36. The SMILES string of the molecule is CCCC1=C(CO)CCC2=C1C(C)(C)CN2. The first-order valence-corrected chi connectivity index (χ1v) is 6.39. The summed E-state index contributed by atoms with van der Waals surface area (Å²) in [4.78, 5) is 0. The molecule has 0 unspecified atom stereocenters. The van der Waals surface area contributed by atoms with Crippen molar-refractivity contribution < 1.29 is 5.11 Å². The quantitative estimate of drug-likeness (QED) is 0.768. The Labute approximate surface area is 98.4 Å². The molecule has 2 aliphatic rings. The van der Waals surface area contributed by atoms with Crippen molar-refractivity contribution in [2.24, 2.45) is 5.41 Å². The Kier molecular flexibility index (Phi) is 3.11. The van der Waals surface area contributed by atoms with E-state index in [1.54, 1.807) is 0 Å². The fourth-order valence-corrected chi connectivity index (χ4v) is 3.05. The Bertz CT molecular complexity index is 350. The van der Waals surface area contributed by atoms with Crippen molar-refractivity contribution >= 4 is 0 Å². The van der Waals surface area contributed by atoms with Crippen LogP contribution in [0.1, 0.15) is 46.5 Å². The van der Waals surface area contributed by atoms with Crippen molar-refractivity contribution in [2.45, 2.75) is 46.5 Å². The Hall–Kier alpha value is -0.760. The molecule has 2 rings (SSSR count). The minimum Gasteiger partial charge on any atom is -0.392 e. The number of aliphatic hydroxyl groups excluding tert-OH is 1. The van der Waals surface area contributed by atoms with Crippen LogP contribution in [0.2, 0.25) is 0 Å². The van der Waals surface area contributed by atoms with E-state index in [9.17, 15) is 5.11 Å². The largest absolute Gasteiger partial charge is 0.392 e. The number of nitrogens with one attached hydrogen (secondary N) is 1. The molecular weight excluding hydrogens is 198 g/mol. The van der Waals surface area contributed by atoms with Gasteiger partial charge >= 0.3 is 0 Å². The maximum atomic E-state index is 9.48. The predicted molar refractivity (Wildman–Crippen MR) is 67.1 cm³/mol. The van der Waals surface area contributed by atoms with Crippen molar-refractivity contribution in [1.29, 1.82) is 0 Å². The molecule has 0 bridgehead atoms. The highest BCUT2D eigenvalue weighted by atomic mass is 16.3. The zero-order valence-electron chi connectivity index (χ0n) is 10.7. The molecule has 0 saturated heterocycles. The minimum atomic E-state index is 0.237. The van der Waals surface area contributed by atoms with Gasteiger partial charge in [-0.2, -0.15) is 0 Å². The van der Waals surface area contributed by atoms with Crippen LogP contribution >= 0.6 is 0 Å². The van der Waals surface area contributed by atoms with Gasteiger partial charge in [-0.15, -0.1) is 0 Å². The Morgan fingerprint density at radius 2 is 2.06 bits per heavy atom. The fraction of sp³-hybridized carbons (Fsp3) is 0.714. The lowest BCUT2D eigenvalue weighted by Crippen LogP contribution is -2.21. The van der Waals surface area contributed by atoms with Crippen molar-refractivity contribution in [2.75, 3.05) is 13.2 Å². The maximum absolute atomic E-state index is 9.48. The van der Waals surface area contributed by atoms with Gasteiger partial charge in [0, 0.05) is 17.7 Å². The highest BCUT2D eigenvalue weighted by molar-refractivity contribution is 5.48. The molecule has 2 N–H and O–H groups in total. The van der Waals surface area contributed by atoms with Gasteiger partial charge in [0.1, 0.15) is 0 Å². The summed E-state index contributed by atoms with van der Waals surface area (Å²) in [5.74, 6) is 0. The molecular formula is C14H23NO. The van der Waals surface area contributed by atoms with Crippen molar-refractivity contribution in [3.63, 3.8) is 0 Å². The summed E-state index contributed by atoms with van der Waals surface area (Å²) >= 11 is 0. The van der Waals surface area contributed by atoms with Gasteiger partial charge in [-0.1, -0.05) is 27.2 Å². The first-order chi connectivity index (χ1) is 7.60. The van der Waals surface area contributed by atoms with E-state index < -0.39 is 0 Å². The minimum absolute atomic E-state index is 0.237. The molecule has 90 valence electrons. The normalized spacial score (nSPS) is 23.5. The first-order valence-electron chi connectivity index (χ1n) is 6.39. The lowest BCUT2D eigenvalue weighted by atomic mass is 9.75. The summed E-state index contributed by atoms with van der Waals surface area (Å²) in [7, 11) is 0. The molecule has 0 amide bonds. The van der Waals surface area contributed by atoms with Crippen LogP contribution in [0.5, 0.6) is 0 Å². The molecule has 0 atom stereocenters. The number of hydrogen-bond acceptors (Lipinski definition) is 2. The third-order valence-electron chi connectivity index (χ3n) is 3.82. The van der Waals surface area contributed by atoms with E-state index in [1.807, 2.05) is 0 Å². The second-order valence-corrected chi connectivity index (χ2v) is 5.58. The zero-order chi connectivity index (χ0) is 11.8. The van der Waals surface area contributed by atoms with E-state index in [0.29, 0.717) is 0 Å². The topological polar surface area (TPSA) is 32.3 Å². The third-order valence-corrected chi connectivity index (χ3v) is 3.82. The number of hydrogen-bond donors (Lipinski definition) is 2. The number of aliphatic hydroxyl groups is 1. The van der Waals surface area contributed by atoms with Crippen molar-refractivity contribution in [3.8, 4) is 0 Å². The maximum Gasteiger partial charge on any atom is 0.0647 e. The van der Waals surface area contributed by atoms with E-state index >= 15 is 0 Å². The lowest BCUT2D eigenvalue weighted by molar-refractivity contribution is 0.323. The summed E-state index contributed by atoms with van der Waals surface area (Å²) in [6.07, 6.45) is 4.39. The molecule has 0 aromatic heterocycles. The molecule has 0 saturated carbocycles. The standard InChI is InChI=1S/C14H23NO/c1-4-5-11-10(8-16)6-7-12-13(11)14(2,3)9-15-12/h15-16H,4-9H2,1-3H3. The fourth-order valence-electron chi connectivity index (χ4n) is 3.05. The van der Waals surface area contributed by atoms with Gasteiger partial charge in [0.15, 0.2) is 0 Å². The molecule has 2 heteroatoms. The van der Waals surface area contributed by atoms with Gasteiger partial charge in [0.2, 0.25) is 0 Å². The van der Waals surface area contributed by atoms with Crippen LogP contribution in [0.15, 0.2) is 22.4 Å². The zero-order valence-corrected chi connectivity index (χ0v) is 10.7. The Balaban J connectivity index is 2.42. The van der Waals surface area contributed by atoms with Gasteiger partial charge in [0.25, 0.3) is 0 Å². The average Bonchev–Trinajstić information content (AvgIpc) is 2.56.